The van der Waals surface area contributed by atoms with Gasteiger partial charge < -0.3 is 14.4 Å². The number of esters is 1. The minimum Gasteiger partial charge on any atom is -0.493 e. The predicted molar refractivity (Wildman–Crippen MR) is 80.3 cm³/mol. The number of methoxy groups -OCH3 is 1. The molecule has 0 fully saturated rings. The van der Waals surface area contributed by atoms with Gasteiger partial charge >= 0.3 is 5.97 Å². The van der Waals surface area contributed by atoms with E-state index in [-0.39, 0.29) is 24.7 Å². The third-order valence-corrected chi connectivity index (χ3v) is 3.28. The molecule has 1 rings (SSSR count). The zero-order valence-corrected chi connectivity index (χ0v) is 13.1. The Morgan fingerprint density at radius 1 is 1.14 bits per heavy atom. The first-order valence-electron chi connectivity index (χ1n) is 6.95. The van der Waals surface area contributed by atoms with Crippen molar-refractivity contribution in [3.8, 4) is 5.75 Å². The highest BCUT2D eigenvalue weighted by Gasteiger charge is 2.11. The average Bonchev–Trinajstić information content (AvgIpc) is 2.47. The summed E-state index contributed by atoms with van der Waals surface area (Å²) >= 11 is 0. The van der Waals surface area contributed by atoms with Crippen LogP contribution in [0.3, 0.4) is 0 Å². The van der Waals surface area contributed by atoms with E-state index in [1.54, 1.807) is 7.05 Å². The summed E-state index contributed by atoms with van der Waals surface area (Å²) in [5.74, 6) is 0.467. The van der Waals surface area contributed by atoms with Gasteiger partial charge in [0.1, 0.15) is 5.75 Å². The third-order valence-electron chi connectivity index (χ3n) is 3.28. The molecule has 0 heterocycles. The van der Waals surface area contributed by atoms with E-state index in [0.717, 1.165) is 16.9 Å². The highest BCUT2D eigenvalue weighted by molar-refractivity contribution is 5.77. The van der Waals surface area contributed by atoms with E-state index in [9.17, 15) is 9.59 Å². The first-order chi connectivity index (χ1) is 9.95. The summed E-state index contributed by atoms with van der Waals surface area (Å²) in [6, 6.07) is 5.93. The van der Waals surface area contributed by atoms with Gasteiger partial charge in [0.15, 0.2) is 0 Å². The molecule has 0 aliphatic carbocycles. The number of carbonyl (C=O) groups is 2. The van der Waals surface area contributed by atoms with Crippen LogP contribution in [0.5, 0.6) is 5.75 Å². The first-order valence-corrected chi connectivity index (χ1v) is 6.95. The second-order valence-corrected chi connectivity index (χ2v) is 4.96. The molecular weight excluding hydrogens is 270 g/mol. The monoisotopic (exact) mass is 293 g/mol. The molecule has 0 atom stereocenters. The summed E-state index contributed by atoms with van der Waals surface area (Å²) in [5, 5.41) is 0. The van der Waals surface area contributed by atoms with Crippen molar-refractivity contribution >= 4 is 11.9 Å². The van der Waals surface area contributed by atoms with E-state index in [1.807, 2.05) is 32.0 Å². The lowest BCUT2D eigenvalue weighted by Crippen LogP contribution is -2.30. The number of para-hydroxylation sites is 1. The largest absolute Gasteiger partial charge is 0.493 e. The summed E-state index contributed by atoms with van der Waals surface area (Å²) in [4.78, 5) is 24.4. The maximum absolute atomic E-state index is 11.9. The van der Waals surface area contributed by atoms with E-state index in [1.165, 1.54) is 12.0 Å². The summed E-state index contributed by atoms with van der Waals surface area (Å²) in [6.45, 7) is 4.64. The summed E-state index contributed by atoms with van der Waals surface area (Å²) in [7, 11) is 3.01. The molecule has 0 saturated heterocycles. The highest BCUT2D eigenvalue weighted by Crippen LogP contribution is 2.22. The summed E-state index contributed by atoms with van der Waals surface area (Å²) in [6.07, 6.45) is 0.488. The number of ether oxygens (including phenoxy) is 2. The molecule has 0 radical (unpaired) electrons. The fourth-order valence-corrected chi connectivity index (χ4v) is 1.94. The molecule has 5 nitrogen and oxygen atoms in total. The number of carbonyl (C=O) groups excluding carboxylic acids is 2. The molecule has 0 saturated carbocycles. The average molecular weight is 293 g/mol. The Bertz CT molecular complexity index is 479. The van der Waals surface area contributed by atoms with Crippen molar-refractivity contribution in [2.45, 2.75) is 26.7 Å². The lowest BCUT2D eigenvalue weighted by Gasteiger charge is -2.17. The molecule has 0 aromatic heterocycles. The summed E-state index contributed by atoms with van der Waals surface area (Å²) < 4.78 is 10.2. The van der Waals surface area contributed by atoms with E-state index >= 15 is 0 Å². The Balaban J connectivity index is 2.38. The number of aryl methyl sites for hydroxylation is 2. The van der Waals surface area contributed by atoms with E-state index in [0.29, 0.717) is 13.2 Å². The zero-order chi connectivity index (χ0) is 15.8. The van der Waals surface area contributed by atoms with E-state index in [2.05, 4.69) is 4.74 Å². The van der Waals surface area contributed by atoms with Crippen LogP contribution in [0.4, 0.5) is 0 Å². The Morgan fingerprint density at radius 2 is 1.76 bits per heavy atom. The van der Waals surface area contributed by atoms with Crippen LogP contribution < -0.4 is 4.74 Å². The quantitative estimate of drug-likeness (QED) is 0.722. The van der Waals surface area contributed by atoms with Crippen molar-refractivity contribution < 1.29 is 19.1 Å². The van der Waals surface area contributed by atoms with Crippen LogP contribution in [0, 0.1) is 13.8 Å². The normalized spacial score (nSPS) is 10.1. The first kappa shape index (κ1) is 17.0. The van der Waals surface area contributed by atoms with Crippen molar-refractivity contribution in [2.75, 3.05) is 27.3 Å². The van der Waals surface area contributed by atoms with Gasteiger partial charge in [-0.05, 0) is 25.0 Å². The fourth-order valence-electron chi connectivity index (χ4n) is 1.94. The van der Waals surface area contributed by atoms with Gasteiger partial charge in [-0.2, -0.15) is 0 Å². The van der Waals surface area contributed by atoms with Gasteiger partial charge in [0.25, 0.3) is 0 Å². The molecule has 5 heteroatoms. The summed E-state index contributed by atoms with van der Waals surface area (Å²) in [5.41, 5.74) is 2.11. The number of benzene rings is 1. The van der Waals surface area contributed by atoms with Crippen LogP contribution >= 0.6 is 0 Å². The van der Waals surface area contributed by atoms with E-state index < -0.39 is 0 Å². The van der Waals surface area contributed by atoms with Crippen LogP contribution in [0.2, 0.25) is 0 Å². The van der Waals surface area contributed by atoms with Crippen molar-refractivity contribution in [1.29, 1.82) is 0 Å². The van der Waals surface area contributed by atoms with Gasteiger partial charge in [0.2, 0.25) is 5.91 Å². The number of amides is 1. The van der Waals surface area contributed by atoms with Gasteiger partial charge in [-0.3, -0.25) is 9.59 Å². The number of hydrogen-bond donors (Lipinski definition) is 0. The van der Waals surface area contributed by atoms with Crippen molar-refractivity contribution in [2.24, 2.45) is 0 Å². The van der Waals surface area contributed by atoms with Crippen molar-refractivity contribution in [1.82, 2.24) is 4.90 Å². The zero-order valence-electron chi connectivity index (χ0n) is 13.1. The second-order valence-electron chi connectivity index (χ2n) is 4.96. The van der Waals surface area contributed by atoms with Gasteiger partial charge in [0, 0.05) is 13.6 Å². The van der Waals surface area contributed by atoms with Crippen LogP contribution in [0.1, 0.15) is 24.0 Å². The maximum atomic E-state index is 11.9. The van der Waals surface area contributed by atoms with Gasteiger partial charge in [-0.25, -0.2) is 0 Å². The van der Waals surface area contributed by atoms with Crippen molar-refractivity contribution in [3.05, 3.63) is 29.3 Å². The van der Waals surface area contributed by atoms with Crippen LogP contribution in [0.25, 0.3) is 0 Å². The molecule has 1 aromatic rings. The lowest BCUT2D eigenvalue weighted by atomic mass is 10.1. The number of hydrogen-bond acceptors (Lipinski definition) is 4. The second kappa shape index (κ2) is 8.29. The minimum absolute atomic E-state index is 0.0508. The molecule has 0 spiro atoms. The van der Waals surface area contributed by atoms with Crippen molar-refractivity contribution in [3.63, 3.8) is 0 Å². The molecule has 116 valence electrons. The number of nitrogens with zero attached hydrogens (tertiary/aromatic N) is 1. The topological polar surface area (TPSA) is 55.8 Å². The maximum Gasteiger partial charge on any atom is 0.307 e. The van der Waals surface area contributed by atoms with Gasteiger partial charge in [-0.15, -0.1) is 0 Å². The molecule has 1 amide bonds. The molecule has 1 aromatic carbocycles. The molecule has 0 aliphatic heterocycles. The fraction of sp³-hybridized carbons (Fsp3) is 0.500. The van der Waals surface area contributed by atoms with Crippen LogP contribution in [0.15, 0.2) is 18.2 Å². The molecule has 0 bridgehead atoms. The molecule has 0 N–H and O–H groups in total. The van der Waals surface area contributed by atoms with Crippen LogP contribution in [-0.2, 0) is 14.3 Å². The predicted octanol–water partition coefficient (Wildman–Crippen LogP) is 2.09. The number of rotatable bonds is 7. The molecule has 21 heavy (non-hydrogen) atoms. The van der Waals surface area contributed by atoms with Gasteiger partial charge in [0.05, 0.1) is 26.6 Å². The molecule has 0 aliphatic rings. The van der Waals surface area contributed by atoms with Gasteiger partial charge in [-0.1, -0.05) is 18.2 Å². The minimum atomic E-state index is -0.318. The Hall–Kier alpha value is -2.04. The molecule has 0 unspecified atom stereocenters. The standard InChI is InChI=1S/C16H23NO4/c1-12-6-5-7-13(2)16(12)21-11-9-14(18)17(3)10-8-15(19)20-4/h5-7H,8-11H2,1-4H3. The third kappa shape index (κ3) is 5.45. The highest BCUT2D eigenvalue weighted by atomic mass is 16.5. The van der Waals surface area contributed by atoms with Crippen LogP contribution in [-0.4, -0.2) is 44.1 Å². The SMILES string of the molecule is COC(=O)CCN(C)C(=O)CCOc1c(C)cccc1C. The molecular formula is C16H23NO4. The lowest BCUT2D eigenvalue weighted by molar-refractivity contribution is -0.141. The Morgan fingerprint density at radius 3 is 2.33 bits per heavy atom. The Kier molecular flexibility index (Phi) is 6.72. The Labute approximate surface area is 125 Å². The van der Waals surface area contributed by atoms with E-state index in [4.69, 9.17) is 4.74 Å². The smallest absolute Gasteiger partial charge is 0.307 e.